The number of rotatable bonds is 3. The van der Waals surface area contributed by atoms with E-state index in [9.17, 15) is 0 Å². The minimum absolute atomic E-state index is 0.623. The lowest BCUT2D eigenvalue weighted by atomic mass is 10.2. The second kappa shape index (κ2) is 4.81. The number of nitrogens with zero attached hydrogens (tertiary/aromatic N) is 2. The summed E-state index contributed by atoms with van der Waals surface area (Å²) in [7, 11) is 0. The molecular formula is C11H9BrN4. The van der Waals surface area contributed by atoms with Gasteiger partial charge in [0.15, 0.2) is 0 Å². The number of halogens is 1. The molecule has 0 amide bonds. The molecule has 5 heteroatoms. The number of imidazole rings is 1. The molecule has 16 heavy (non-hydrogen) atoms. The SMILES string of the molecule is N#Cc1ccc(NCc2ncc[nH]2)c(Br)c1. The highest BCUT2D eigenvalue weighted by Crippen LogP contribution is 2.23. The van der Waals surface area contributed by atoms with E-state index in [0.29, 0.717) is 12.1 Å². The smallest absolute Gasteiger partial charge is 0.125 e. The van der Waals surface area contributed by atoms with Crippen molar-refractivity contribution in [3.05, 3.63) is 46.5 Å². The second-order valence-corrected chi connectivity index (χ2v) is 4.05. The minimum atomic E-state index is 0.623. The van der Waals surface area contributed by atoms with E-state index >= 15 is 0 Å². The van der Waals surface area contributed by atoms with Gasteiger partial charge in [0.2, 0.25) is 0 Å². The molecule has 2 N–H and O–H groups in total. The third kappa shape index (κ3) is 2.41. The number of H-pyrrole nitrogens is 1. The topological polar surface area (TPSA) is 64.5 Å². The standard InChI is InChI=1S/C11H9BrN4/c12-9-5-8(6-13)1-2-10(9)16-7-11-14-3-4-15-11/h1-5,16H,7H2,(H,14,15). The van der Waals surface area contributed by atoms with Crippen LogP contribution in [0.1, 0.15) is 11.4 Å². The first-order valence-corrected chi connectivity index (χ1v) is 5.50. The Labute approximate surface area is 101 Å². The summed E-state index contributed by atoms with van der Waals surface area (Å²) < 4.78 is 0.873. The number of hydrogen-bond donors (Lipinski definition) is 2. The molecule has 0 saturated carbocycles. The van der Waals surface area contributed by atoms with Gasteiger partial charge in [-0.05, 0) is 34.1 Å². The van der Waals surface area contributed by atoms with Crippen molar-refractivity contribution in [1.29, 1.82) is 5.26 Å². The number of nitrogens with one attached hydrogen (secondary N) is 2. The maximum Gasteiger partial charge on any atom is 0.125 e. The Morgan fingerprint density at radius 3 is 3.00 bits per heavy atom. The lowest BCUT2D eigenvalue weighted by molar-refractivity contribution is 0.999. The molecule has 0 fully saturated rings. The predicted octanol–water partition coefficient (Wildman–Crippen LogP) is 2.66. The molecule has 2 rings (SSSR count). The van der Waals surface area contributed by atoms with E-state index in [0.717, 1.165) is 16.0 Å². The second-order valence-electron chi connectivity index (χ2n) is 3.20. The number of aromatic nitrogens is 2. The number of benzene rings is 1. The van der Waals surface area contributed by atoms with Gasteiger partial charge in [-0.1, -0.05) is 0 Å². The fourth-order valence-electron chi connectivity index (χ4n) is 1.30. The van der Waals surface area contributed by atoms with Crippen molar-refractivity contribution < 1.29 is 0 Å². The first-order valence-electron chi connectivity index (χ1n) is 4.71. The van der Waals surface area contributed by atoms with E-state index in [1.807, 2.05) is 6.07 Å². The van der Waals surface area contributed by atoms with Crippen LogP contribution in [0.15, 0.2) is 35.1 Å². The minimum Gasteiger partial charge on any atom is -0.377 e. The van der Waals surface area contributed by atoms with Crippen LogP contribution in [0, 0.1) is 11.3 Å². The van der Waals surface area contributed by atoms with E-state index in [1.165, 1.54) is 0 Å². The highest BCUT2D eigenvalue weighted by Gasteiger charge is 2.01. The van der Waals surface area contributed by atoms with Gasteiger partial charge in [-0.25, -0.2) is 4.98 Å². The average molecular weight is 277 g/mol. The quantitative estimate of drug-likeness (QED) is 0.906. The maximum atomic E-state index is 8.73. The van der Waals surface area contributed by atoms with Crippen LogP contribution in [-0.4, -0.2) is 9.97 Å². The molecule has 0 radical (unpaired) electrons. The summed E-state index contributed by atoms with van der Waals surface area (Å²) in [5, 5.41) is 11.9. The predicted molar refractivity (Wildman–Crippen MR) is 64.8 cm³/mol. The van der Waals surface area contributed by atoms with E-state index in [4.69, 9.17) is 5.26 Å². The van der Waals surface area contributed by atoms with E-state index in [-0.39, 0.29) is 0 Å². The highest BCUT2D eigenvalue weighted by atomic mass is 79.9. The fourth-order valence-corrected chi connectivity index (χ4v) is 1.82. The Morgan fingerprint density at radius 1 is 1.50 bits per heavy atom. The molecule has 1 aromatic carbocycles. The molecule has 80 valence electrons. The third-order valence-corrected chi connectivity index (χ3v) is 2.76. The van der Waals surface area contributed by atoms with Crippen LogP contribution in [-0.2, 0) is 6.54 Å². The zero-order valence-electron chi connectivity index (χ0n) is 8.37. The Hall–Kier alpha value is -1.80. The van der Waals surface area contributed by atoms with E-state index in [1.54, 1.807) is 24.5 Å². The van der Waals surface area contributed by atoms with Crippen molar-refractivity contribution in [3.63, 3.8) is 0 Å². The van der Waals surface area contributed by atoms with Crippen LogP contribution in [0.25, 0.3) is 0 Å². The number of aromatic amines is 1. The van der Waals surface area contributed by atoms with Gasteiger partial charge in [0, 0.05) is 22.6 Å². The molecule has 0 aliphatic carbocycles. The van der Waals surface area contributed by atoms with Crippen LogP contribution in [0.3, 0.4) is 0 Å². The van der Waals surface area contributed by atoms with Gasteiger partial charge in [0.05, 0.1) is 18.2 Å². The van der Waals surface area contributed by atoms with Crippen LogP contribution in [0.4, 0.5) is 5.69 Å². The van der Waals surface area contributed by atoms with Crippen molar-refractivity contribution in [2.45, 2.75) is 6.54 Å². The number of nitriles is 1. The Kier molecular flexibility index (Phi) is 3.22. The molecule has 0 aliphatic heterocycles. The zero-order chi connectivity index (χ0) is 11.4. The van der Waals surface area contributed by atoms with Gasteiger partial charge in [-0.2, -0.15) is 5.26 Å². The lowest BCUT2D eigenvalue weighted by Gasteiger charge is -2.06. The Bertz CT molecular complexity index is 513. The van der Waals surface area contributed by atoms with Crippen molar-refractivity contribution >= 4 is 21.6 Å². The monoisotopic (exact) mass is 276 g/mol. The van der Waals surface area contributed by atoms with Gasteiger partial charge in [-0.15, -0.1) is 0 Å². The van der Waals surface area contributed by atoms with Crippen LogP contribution in [0.5, 0.6) is 0 Å². The van der Waals surface area contributed by atoms with Crippen molar-refractivity contribution in [1.82, 2.24) is 9.97 Å². The summed E-state index contributed by atoms with van der Waals surface area (Å²) in [6, 6.07) is 7.51. The van der Waals surface area contributed by atoms with Crippen LogP contribution in [0.2, 0.25) is 0 Å². The molecule has 0 saturated heterocycles. The Morgan fingerprint density at radius 2 is 2.38 bits per heavy atom. The van der Waals surface area contributed by atoms with Gasteiger partial charge in [0.25, 0.3) is 0 Å². The normalized spacial score (nSPS) is 9.75. The van der Waals surface area contributed by atoms with E-state index in [2.05, 4.69) is 37.3 Å². The molecule has 0 aliphatic rings. The first-order chi connectivity index (χ1) is 7.79. The molecule has 0 bridgehead atoms. The summed E-state index contributed by atoms with van der Waals surface area (Å²) >= 11 is 3.41. The molecule has 0 atom stereocenters. The van der Waals surface area contributed by atoms with Gasteiger partial charge in [0.1, 0.15) is 5.82 Å². The lowest BCUT2D eigenvalue weighted by Crippen LogP contribution is -2.01. The van der Waals surface area contributed by atoms with Crippen molar-refractivity contribution in [2.75, 3.05) is 5.32 Å². The number of anilines is 1. The summed E-state index contributed by atoms with van der Waals surface area (Å²) in [5.41, 5.74) is 1.57. The van der Waals surface area contributed by atoms with Crippen LogP contribution >= 0.6 is 15.9 Å². The fraction of sp³-hybridized carbons (Fsp3) is 0.0909. The first kappa shape index (κ1) is 10.7. The number of hydrogen-bond acceptors (Lipinski definition) is 3. The zero-order valence-corrected chi connectivity index (χ0v) is 9.95. The molecule has 0 spiro atoms. The van der Waals surface area contributed by atoms with Crippen molar-refractivity contribution in [3.8, 4) is 6.07 Å². The highest BCUT2D eigenvalue weighted by molar-refractivity contribution is 9.10. The molecular weight excluding hydrogens is 268 g/mol. The molecule has 2 aromatic rings. The van der Waals surface area contributed by atoms with Gasteiger partial charge < -0.3 is 10.3 Å². The average Bonchev–Trinajstić information content (AvgIpc) is 2.80. The molecule has 4 nitrogen and oxygen atoms in total. The summed E-state index contributed by atoms with van der Waals surface area (Å²) in [4.78, 5) is 7.12. The third-order valence-electron chi connectivity index (χ3n) is 2.10. The van der Waals surface area contributed by atoms with E-state index < -0.39 is 0 Å². The van der Waals surface area contributed by atoms with Crippen LogP contribution < -0.4 is 5.32 Å². The molecule has 1 heterocycles. The molecule has 0 unspecified atom stereocenters. The van der Waals surface area contributed by atoms with Gasteiger partial charge >= 0.3 is 0 Å². The van der Waals surface area contributed by atoms with Crippen molar-refractivity contribution in [2.24, 2.45) is 0 Å². The molecule has 1 aromatic heterocycles. The summed E-state index contributed by atoms with van der Waals surface area (Å²) in [6.45, 7) is 0.623. The Balaban J connectivity index is 2.08. The summed E-state index contributed by atoms with van der Waals surface area (Å²) in [5.74, 6) is 0.872. The van der Waals surface area contributed by atoms with Gasteiger partial charge in [-0.3, -0.25) is 0 Å². The maximum absolute atomic E-state index is 8.73. The summed E-state index contributed by atoms with van der Waals surface area (Å²) in [6.07, 6.45) is 3.50. The largest absolute Gasteiger partial charge is 0.377 e.